The van der Waals surface area contributed by atoms with E-state index in [1.165, 1.54) is 12.0 Å². The summed E-state index contributed by atoms with van der Waals surface area (Å²) in [5, 5.41) is 21.0. The Labute approximate surface area is 166 Å². The first-order valence-corrected chi connectivity index (χ1v) is 9.26. The lowest BCUT2D eigenvalue weighted by molar-refractivity contribution is 0.211. The quantitative estimate of drug-likeness (QED) is 0.313. The lowest BCUT2D eigenvalue weighted by Crippen LogP contribution is -2.12. The molecule has 0 bridgehead atoms. The molecular formula is C22H30ClN3O. The number of pyridine rings is 1. The fourth-order valence-electron chi connectivity index (χ4n) is 3.89. The summed E-state index contributed by atoms with van der Waals surface area (Å²) in [6, 6.07) is 11.3. The van der Waals surface area contributed by atoms with Crippen molar-refractivity contribution in [2.45, 2.75) is 47.0 Å². The Morgan fingerprint density at radius 3 is 2.44 bits per heavy atom. The van der Waals surface area contributed by atoms with E-state index in [9.17, 15) is 5.21 Å². The fraction of sp³-hybridized carbons (Fsp3) is 0.409. The Morgan fingerprint density at radius 2 is 1.78 bits per heavy atom. The molecule has 0 amide bonds. The second-order valence-corrected chi connectivity index (χ2v) is 8.72. The smallest absolute Gasteiger partial charge is 0.0914 e. The van der Waals surface area contributed by atoms with Gasteiger partial charge in [-0.25, -0.2) is 0 Å². The van der Waals surface area contributed by atoms with E-state index in [-0.39, 0.29) is 12.4 Å². The fourth-order valence-corrected chi connectivity index (χ4v) is 3.89. The number of nitrogens with one attached hydrogen (secondary N) is 1. The van der Waals surface area contributed by atoms with E-state index in [2.05, 4.69) is 33.8 Å². The maximum atomic E-state index is 10.6. The minimum Gasteiger partial charge on any atom is -0.428 e. The van der Waals surface area contributed by atoms with Crippen LogP contribution >= 0.6 is 12.4 Å². The van der Waals surface area contributed by atoms with Crippen LogP contribution in [0, 0.1) is 16.7 Å². The van der Waals surface area contributed by atoms with Crippen molar-refractivity contribution in [1.82, 2.24) is 4.73 Å². The number of anilines is 1. The first-order valence-electron chi connectivity index (χ1n) is 9.26. The lowest BCUT2D eigenvalue weighted by Gasteiger charge is -2.23. The standard InChI is InChI=1S/C22H29N3O.ClH/c1-14(13-22(2,3)4)5-6-15-7-10-19-18(11-15)21(24)17-9-8-16(23)12-20(17)25(19)26;/h7-12,14,24,26H,5-6,13,23H2,1-4H3;1H. The van der Waals surface area contributed by atoms with Crippen molar-refractivity contribution in [3.63, 3.8) is 0 Å². The van der Waals surface area contributed by atoms with E-state index in [0.717, 1.165) is 23.0 Å². The van der Waals surface area contributed by atoms with Gasteiger partial charge in [-0.3, -0.25) is 5.41 Å². The molecule has 1 aromatic heterocycles. The molecule has 0 aliphatic heterocycles. The van der Waals surface area contributed by atoms with Gasteiger partial charge in [-0.05, 0) is 66.5 Å². The van der Waals surface area contributed by atoms with Gasteiger partial charge >= 0.3 is 0 Å². The molecule has 1 atom stereocenters. The maximum Gasteiger partial charge on any atom is 0.0914 e. The number of benzene rings is 2. The van der Waals surface area contributed by atoms with Gasteiger partial charge < -0.3 is 10.9 Å². The van der Waals surface area contributed by atoms with Gasteiger partial charge in [0.1, 0.15) is 0 Å². The molecule has 1 heterocycles. The highest BCUT2D eigenvalue weighted by molar-refractivity contribution is 5.94. The molecule has 0 radical (unpaired) electrons. The van der Waals surface area contributed by atoms with Crippen molar-refractivity contribution in [2.24, 2.45) is 11.3 Å². The topological polar surface area (TPSA) is 75.0 Å². The molecule has 0 aliphatic carbocycles. The van der Waals surface area contributed by atoms with Crippen LogP contribution in [0.5, 0.6) is 0 Å². The lowest BCUT2D eigenvalue weighted by atomic mass is 9.83. The molecule has 1 unspecified atom stereocenters. The Kier molecular flexibility index (Phi) is 6.10. The molecule has 2 aromatic carbocycles. The van der Waals surface area contributed by atoms with E-state index in [1.807, 2.05) is 12.1 Å². The minimum absolute atomic E-state index is 0. The molecule has 0 spiro atoms. The van der Waals surface area contributed by atoms with Crippen LogP contribution in [0.15, 0.2) is 36.4 Å². The average Bonchev–Trinajstić information content (AvgIpc) is 2.56. The third kappa shape index (κ3) is 4.56. The molecule has 0 aliphatic rings. The Bertz CT molecular complexity index is 1020. The average molecular weight is 388 g/mol. The number of aromatic nitrogens is 1. The zero-order chi connectivity index (χ0) is 19.1. The van der Waals surface area contributed by atoms with Gasteiger partial charge in [-0.1, -0.05) is 33.8 Å². The first kappa shape index (κ1) is 21.1. The van der Waals surface area contributed by atoms with Crippen LogP contribution in [0.25, 0.3) is 21.8 Å². The molecule has 3 aromatic rings. The van der Waals surface area contributed by atoms with Gasteiger partial charge in [0.15, 0.2) is 0 Å². The SMILES string of the molecule is CC(CCc1ccc2c(c1)c(=N)c1ccc(N)cc1n2O)CC(C)(C)C.Cl. The van der Waals surface area contributed by atoms with Crippen molar-refractivity contribution in [3.05, 3.63) is 47.3 Å². The Balaban J connectivity index is 0.00000261. The summed E-state index contributed by atoms with van der Waals surface area (Å²) in [4.78, 5) is 0. The molecule has 4 nitrogen and oxygen atoms in total. The number of fused-ring (bicyclic) bond motifs is 2. The van der Waals surface area contributed by atoms with Gasteiger partial charge in [0.05, 0.1) is 16.4 Å². The minimum atomic E-state index is 0. The zero-order valence-electron chi connectivity index (χ0n) is 16.5. The van der Waals surface area contributed by atoms with Crippen LogP contribution in [0.3, 0.4) is 0 Å². The van der Waals surface area contributed by atoms with Gasteiger partial charge in [-0.15, -0.1) is 12.4 Å². The second-order valence-electron chi connectivity index (χ2n) is 8.72. The molecule has 0 saturated heterocycles. The number of halogens is 1. The third-order valence-corrected chi connectivity index (χ3v) is 4.96. The van der Waals surface area contributed by atoms with Crippen LogP contribution in [0.1, 0.15) is 46.1 Å². The zero-order valence-corrected chi connectivity index (χ0v) is 17.4. The van der Waals surface area contributed by atoms with Crippen LogP contribution in [-0.4, -0.2) is 9.94 Å². The predicted molar refractivity (Wildman–Crippen MR) is 116 cm³/mol. The normalized spacial score (nSPS) is 12.9. The number of aryl methyl sites for hydroxylation is 1. The van der Waals surface area contributed by atoms with Gasteiger partial charge in [-0.2, -0.15) is 4.73 Å². The predicted octanol–water partition coefficient (Wildman–Crippen LogP) is 5.52. The number of rotatable bonds is 4. The summed E-state index contributed by atoms with van der Waals surface area (Å²) in [5.41, 5.74) is 9.17. The van der Waals surface area contributed by atoms with Crippen molar-refractivity contribution in [1.29, 1.82) is 5.41 Å². The first-order chi connectivity index (χ1) is 12.2. The summed E-state index contributed by atoms with van der Waals surface area (Å²) in [6.45, 7) is 9.15. The van der Waals surface area contributed by atoms with Crippen molar-refractivity contribution >= 4 is 39.9 Å². The molecule has 0 fully saturated rings. The summed E-state index contributed by atoms with van der Waals surface area (Å²) in [5.74, 6) is 0.656. The molecule has 27 heavy (non-hydrogen) atoms. The highest BCUT2D eigenvalue weighted by Gasteiger charge is 2.15. The van der Waals surface area contributed by atoms with E-state index >= 15 is 0 Å². The summed E-state index contributed by atoms with van der Waals surface area (Å²) in [7, 11) is 0. The van der Waals surface area contributed by atoms with Gasteiger partial charge in [0, 0.05) is 16.5 Å². The van der Waals surface area contributed by atoms with Gasteiger partial charge in [0.2, 0.25) is 0 Å². The van der Waals surface area contributed by atoms with E-state index in [0.29, 0.717) is 38.8 Å². The van der Waals surface area contributed by atoms with E-state index in [1.54, 1.807) is 18.2 Å². The van der Waals surface area contributed by atoms with Crippen molar-refractivity contribution < 1.29 is 5.21 Å². The van der Waals surface area contributed by atoms with E-state index in [4.69, 9.17) is 11.1 Å². The number of nitrogen functional groups attached to an aromatic ring is 1. The van der Waals surface area contributed by atoms with Crippen molar-refractivity contribution in [2.75, 3.05) is 5.73 Å². The Morgan fingerprint density at radius 1 is 1.07 bits per heavy atom. The van der Waals surface area contributed by atoms with Crippen molar-refractivity contribution in [3.8, 4) is 0 Å². The summed E-state index contributed by atoms with van der Waals surface area (Å²) < 4.78 is 1.14. The second kappa shape index (κ2) is 7.81. The highest BCUT2D eigenvalue weighted by Crippen LogP contribution is 2.27. The summed E-state index contributed by atoms with van der Waals surface area (Å²) >= 11 is 0. The van der Waals surface area contributed by atoms with Crippen LogP contribution < -0.4 is 11.1 Å². The molecular weight excluding hydrogens is 358 g/mol. The maximum absolute atomic E-state index is 10.6. The largest absolute Gasteiger partial charge is 0.428 e. The van der Waals surface area contributed by atoms with E-state index < -0.39 is 0 Å². The highest BCUT2D eigenvalue weighted by atomic mass is 35.5. The molecule has 146 valence electrons. The number of nitrogens with zero attached hydrogens (tertiary/aromatic N) is 1. The number of hydrogen-bond donors (Lipinski definition) is 3. The van der Waals surface area contributed by atoms with Gasteiger partial charge in [0.25, 0.3) is 0 Å². The van der Waals surface area contributed by atoms with Crippen LogP contribution in [0.4, 0.5) is 5.69 Å². The number of nitrogens with two attached hydrogens (primary N) is 1. The molecule has 5 heteroatoms. The molecule has 3 rings (SSSR count). The Hall–Kier alpha value is -2.20. The molecule has 4 N–H and O–H groups in total. The summed E-state index contributed by atoms with van der Waals surface area (Å²) in [6.07, 6.45) is 3.31. The monoisotopic (exact) mass is 387 g/mol. The molecule has 0 saturated carbocycles. The number of hydrogen-bond acceptors (Lipinski definition) is 3. The third-order valence-electron chi connectivity index (χ3n) is 4.96. The van der Waals surface area contributed by atoms with Crippen LogP contribution in [-0.2, 0) is 6.42 Å². The van der Waals surface area contributed by atoms with Crippen LogP contribution in [0.2, 0.25) is 0 Å².